The Balaban J connectivity index is 2.03. The molecule has 0 bridgehead atoms. The summed E-state index contributed by atoms with van der Waals surface area (Å²) in [7, 11) is 0. The fourth-order valence-electron chi connectivity index (χ4n) is 2.18. The third-order valence-electron chi connectivity index (χ3n) is 3.91. The number of ether oxygens (including phenoxy) is 1. The van der Waals surface area contributed by atoms with Crippen molar-refractivity contribution >= 4 is 5.91 Å². The molecule has 0 saturated heterocycles. The van der Waals surface area contributed by atoms with Gasteiger partial charge in [0, 0.05) is 12.1 Å². The first-order valence-corrected chi connectivity index (χ1v) is 6.81. The molecule has 0 aliphatic carbocycles. The molecule has 1 aliphatic rings. The average molecular weight is 262 g/mol. The number of carbonyl (C=O) groups excluding carboxylic acids is 1. The van der Waals surface area contributed by atoms with Gasteiger partial charge in [-0.1, -0.05) is 25.1 Å². The van der Waals surface area contributed by atoms with Gasteiger partial charge in [-0.2, -0.15) is 0 Å². The van der Waals surface area contributed by atoms with Crippen molar-refractivity contribution in [3.8, 4) is 5.75 Å². The zero-order valence-electron chi connectivity index (χ0n) is 11.6. The minimum absolute atomic E-state index is 0.0318. The Hall–Kier alpha value is -1.55. The molecule has 1 aliphatic heterocycles. The monoisotopic (exact) mass is 262 g/mol. The fraction of sp³-hybridized carbons (Fsp3) is 0.533. The van der Waals surface area contributed by atoms with E-state index in [9.17, 15) is 4.79 Å². The van der Waals surface area contributed by atoms with Gasteiger partial charge in [0.15, 0.2) is 0 Å². The van der Waals surface area contributed by atoms with Gasteiger partial charge in [0.1, 0.15) is 12.4 Å². The van der Waals surface area contributed by atoms with Crippen molar-refractivity contribution in [3.05, 3.63) is 29.8 Å². The van der Waals surface area contributed by atoms with Crippen molar-refractivity contribution in [2.45, 2.75) is 32.2 Å². The van der Waals surface area contributed by atoms with Crippen LogP contribution in [0, 0.1) is 5.92 Å². The zero-order chi connectivity index (χ0) is 13.9. The maximum absolute atomic E-state index is 12.3. The van der Waals surface area contributed by atoms with Crippen molar-refractivity contribution < 1.29 is 9.53 Å². The molecule has 104 valence electrons. The molecule has 0 aromatic heterocycles. The molecule has 19 heavy (non-hydrogen) atoms. The number of hydrogen-bond donors (Lipinski definition) is 2. The lowest BCUT2D eigenvalue weighted by molar-refractivity contribution is -0.128. The summed E-state index contributed by atoms with van der Waals surface area (Å²) in [5, 5.41) is 3.05. The highest BCUT2D eigenvalue weighted by Gasteiger charge is 2.30. The van der Waals surface area contributed by atoms with Crippen LogP contribution in [0.2, 0.25) is 0 Å². The van der Waals surface area contributed by atoms with Gasteiger partial charge in [-0.3, -0.25) is 4.79 Å². The number of rotatable bonds is 4. The van der Waals surface area contributed by atoms with Crippen LogP contribution < -0.4 is 15.8 Å². The van der Waals surface area contributed by atoms with Gasteiger partial charge in [0.2, 0.25) is 5.91 Å². The number of carbonyl (C=O) groups is 1. The molecule has 1 aromatic rings. The van der Waals surface area contributed by atoms with Crippen molar-refractivity contribution in [2.75, 3.05) is 13.2 Å². The van der Waals surface area contributed by atoms with E-state index in [2.05, 4.69) is 5.32 Å². The molecule has 1 amide bonds. The SMILES string of the molecule is CCC(C)(CN)NC(=O)C1COc2ccccc2C1. The topological polar surface area (TPSA) is 64.3 Å². The quantitative estimate of drug-likeness (QED) is 0.864. The standard InChI is InChI=1S/C15H22N2O2/c1-3-15(2,10-16)17-14(18)12-8-11-6-4-5-7-13(11)19-9-12/h4-7,12H,3,8-10,16H2,1-2H3,(H,17,18). The predicted octanol–water partition coefficient (Wildman–Crippen LogP) is 1.48. The smallest absolute Gasteiger partial charge is 0.227 e. The summed E-state index contributed by atoms with van der Waals surface area (Å²) in [6.45, 7) is 4.88. The Morgan fingerprint density at radius 1 is 1.53 bits per heavy atom. The largest absolute Gasteiger partial charge is 0.492 e. The van der Waals surface area contributed by atoms with E-state index >= 15 is 0 Å². The Morgan fingerprint density at radius 3 is 2.95 bits per heavy atom. The van der Waals surface area contributed by atoms with E-state index in [-0.39, 0.29) is 17.4 Å². The summed E-state index contributed by atoms with van der Waals surface area (Å²) in [6.07, 6.45) is 1.55. The third-order valence-corrected chi connectivity index (χ3v) is 3.91. The van der Waals surface area contributed by atoms with Crippen LogP contribution in [0.1, 0.15) is 25.8 Å². The molecule has 0 spiro atoms. The number of amides is 1. The van der Waals surface area contributed by atoms with Crippen LogP contribution in [0.25, 0.3) is 0 Å². The Bertz CT molecular complexity index is 455. The summed E-state index contributed by atoms with van der Waals surface area (Å²) in [5.41, 5.74) is 6.50. The van der Waals surface area contributed by atoms with Crippen LogP contribution in [0.15, 0.2) is 24.3 Å². The maximum Gasteiger partial charge on any atom is 0.227 e. The van der Waals surface area contributed by atoms with Crippen LogP contribution >= 0.6 is 0 Å². The lowest BCUT2D eigenvalue weighted by Gasteiger charge is -2.32. The zero-order valence-corrected chi connectivity index (χ0v) is 11.6. The van der Waals surface area contributed by atoms with E-state index in [0.717, 1.165) is 24.2 Å². The summed E-state index contributed by atoms with van der Waals surface area (Å²) in [4.78, 5) is 12.3. The Morgan fingerprint density at radius 2 is 2.26 bits per heavy atom. The molecule has 0 fully saturated rings. The highest BCUT2D eigenvalue weighted by molar-refractivity contribution is 5.80. The third kappa shape index (κ3) is 3.07. The second-order valence-corrected chi connectivity index (χ2v) is 5.43. The number of nitrogens with one attached hydrogen (secondary N) is 1. The van der Waals surface area contributed by atoms with Gasteiger partial charge in [-0.15, -0.1) is 0 Å². The summed E-state index contributed by atoms with van der Waals surface area (Å²) < 4.78 is 5.65. The van der Waals surface area contributed by atoms with Crippen LogP contribution in [-0.4, -0.2) is 24.6 Å². The number of hydrogen-bond acceptors (Lipinski definition) is 3. The van der Waals surface area contributed by atoms with Crippen molar-refractivity contribution in [1.29, 1.82) is 0 Å². The lowest BCUT2D eigenvalue weighted by Crippen LogP contribution is -2.53. The first-order valence-electron chi connectivity index (χ1n) is 6.81. The highest BCUT2D eigenvalue weighted by atomic mass is 16.5. The summed E-state index contributed by atoms with van der Waals surface area (Å²) in [5.74, 6) is 0.792. The van der Waals surface area contributed by atoms with Crippen LogP contribution in [0.4, 0.5) is 0 Å². The molecule has 0 radical (unpaired) electrons. The normalized spacial score (nSPS) is 20.9. The van der Waals surface area contributed by atoms with E-state index < -0.39 is 0 Å². The highest BCUT2D eigenvalue weighted by Crippen LogP contribution is 2.27. The molecule has 4 nitrogen and oxygen atoms in total. The molecule has 4 heteroatoms. The van der Waals surface area contributed by atoms with Crippen LogP contribution in [-0.2, 0) is 11.2 Å². The molecular weight excluding hydrogens is 240 g/mol. The molecule has 2 unspecified atom stereocenters. The Kier molecular flexibility index (Phi) is 4.10. The molecule has 1 aromatic carbocycles. The first kappa shape index (κ1) is 13.9. The number of nitrogens with two attached hydrogens (primary N) is 1. The molecule has 1 heterocycles. The molecular formula is C15H22N2O2. The summed E-state index contributed by atoms with van der Waals surface area (Å²) >= 11 is 0. The molecule has 2 atom stereocenters. The number of benzene rings is 1. The average Bonchev–Trinajstić information content (AvgIpc) is 2.46. The van der Waals surface area contributed by atoms with E-state index in [4.69, 9.17) is 10.5 Å². The van der Waals surface area contributed by atoms with E-state index in [1.165, 1.54) is 0 Å². The minimum atomic E-state index is -0.325. The second-order valence-electron chi connectivity index (χ2n) is 5.43. The Labute approximate surface area is 114 Å². The molecule has 0 saturated carbocycles. The van der Waals surface area contributed by atoms with E-state index in [1.54, 1.807) is 0 Å². The van der Waals surface area contributed by atoms with Gasteiger partial charge in [0.25, 0.3) is 0 Å². The van der Waals surface area contributed by atoms with Gasteiger partial charge < -0.3 is 15.8 Å². The van der Waals surface area contributed by atoms with Crippen LogP contribution in [0.3, 0.4) is 0 Å². The van der Waals surface area contributed by atoms with Gasteiger partial charge in [0.05, 0.1) is 5.92 Å². The minimum Gasteiger partial charge on any atom is -0.492 e. The second kappa shape index (κ2) is 5.61. The van der Waals surface area contributed by atoms with Gasteiger partial charge >= 0.3 is 0 Å². The molecule has 3 N–H and O–H groups in total. The van der Waals surface area contributed by atoms with Crippen molar-refractivity contribution in [2.24, 2.45) is 11.7 Å². The number of para-hydroxylation sites is 1. The van der Waals surface area contributed by atoms with Crippen molar-refractivity contribution in [3.63, 3.8) is 0 Å². The fourth-order valence-corrected chi connectivity index (χ4v) is 2.18. The lowest BCUT2D eigenvalue weighted by atomic mass is 9.93. The maximum atomic E-state index is 12.3. The first-order chi connectivity index (χ1) is 9.08. The summed E-state index contributed by atoms with van der Waals surface area (Å²) in [6, 6.07) is 7.87. The van der Waals surface area contributed by atoms with Crippen molar-refractivity contribution in [1.82, 2.24) is 5.32 Å². The van der Waals surface area contributed by atoms with Crippen LogP contribution in [0.5, 0.6) is 5.75 Å². The molecule has 2 rings (SSSR count). The predicted molar refractivity (Wildman–Crippen MR) is 75.0 cm³/mol. The van der Waals surface area contributed by atoms with Gasteiger partial charge in [-0.25, -0.2) is 0 Å². The van der Waals surface area contributed by atoms with E-state index in [0.29, 0.717) is 13.2 Å². The van der Waals surface area contributed by atoms with Gasteiger partial charge in [-0.05, 0) is 31.4 Å². The van der Waals surface area contributed by atoms with E-state index in [1.807, 2.05) is 38.1 Å². The number of fused-ring (bicyclic) bond motifs is 1.